The monoisotopic (exact) mass is 176 g/mol. The van der Waals surface area contributed by atoms with Crippen molar-refractivity contribution < 1.29 is 4.79 Å². The van der Waals surface area contributed by atoms with E-state index in [0.29, 0.717) is 6.54 Å². The fourth-order valence-electron chi connectivity index (χ4n) is 0.933. The Labute approximate surface area is 79.0 Å². The summed E-state index contributed by atoms with van der Waals surface area (Å²) >= 11 is 0. The third-order valence-corrected chi connectivity index (χ3v) is 1.78. The van der Waals surface area contributed by atoms with Crippen LogP contribution in [0.5, 0.6) is 0 Å². The van der Waals surface area contributed by atoms with Crippen LogP contribution in [0.15, 0.2) is 24.3 Å². The third-order valence-electron chi connectivity index (χ3n) is 1.78. The van der Waals surface area contributed by atoms with Gasteiger partial charge in [0.1, 0.15) is 0 Å². The maximum absolute atomic E-state index is 11.2. The lowest BCUT2D eigenvalue weighted by molar-refractivity contribution is -0.124. The van der Waals surface area contributed by atoms with Crippen LogP contribution in [0.3, 0.4) is 0 Å². The largest absolute Gasteiger partial charge is 0.352 e. The van der Waals surface area contributed by atoms with E-state index in [4.69, 9.17) is 0 Å². The summed E-state index contributed by atoms with van der Waals surface area (Å²) in [5.74, 6) is 0.142. The smallest absolute Gasteiger partial charge is 0.222 e. The van der Waals surface area contributed by atoms with E-state index in [1.54, 1.807) is 0 Å². The van der Waals surface area contributed by atoms with Gasteiger partial charge in [0.05, 0.1) is 0 Å². The molecule has 0 bridgehead atoms. The maximum atomic E-state index is 11.2. The Morgan fingerprint density at radius 3 is 2.62 bits per heavy atom. The average molecular weight is 176 g/mol. The number of benzene rings is 1. The number of amides is 1. The molecule has 0 aliphatic carbocycles. The van der Waals surface area contributed by atoms with Gasteiger partial charge >= 0.3 is 0 Å². The molecule has 0 fully saturated rings. The van der Waals surface area contributed by atoms with Crippen molar-refractivity contribution in [3.63, 3.8) is 0 Å². The van der Waals surface area contributed by atoms with Crippen LogP contribution in [0.2, 0.25) is 0 Å². The van der Waals surface area contributed by atoms with Gasteiger partial charge in [-0.05, 0) is 11.6 Å². The van der Waals surface area contributed by atoms with Gasteiger partial charge in [0.15, 0.2) is 0 Å². The molecular formula is C11H14NO. The summed E-state index contributed by atoms with van der Waals surface area (Å²) in [6, 6.07) is 10.5. The van der Waals surface area contributed by atoms with Crippen molar-refractivity contribution >= 4 is 5.91 Å². The highest BCUT2D eigenvalue weighted by molar-refractivity contribution is 5.77. The Morgan fingerprint density at radius 2 is 2.08 bits per heavy atom. The number of hydrogen-bond donors (Lipinski definition) is 1. The van der Waals surface area contributed by atoms with Crippen LogP contribution in [-0.2, 0) is 11.3 Å². The summed E-state index contributed by atoms with van der Waals surface area (Å²) in [5, 5.41) is 2.85. The predicted molar refractivity (Wildman–Crippen MR) is 52.0 cm³/mol. The van der Waals surface area contributed by atoms with Crippen molar-refractivity contribution in [2.75, 3.05) is 0 Å². The zero-order chi connectivity index (χ0) is 9.68. The van der Waals surface area contributed by atoms with Gasteiger partial charge in [-0.25, -0.2) is 0 Å². The third kappa shape index (κ3) is 3.28. The first kappa shape index (κ1) is 9.78. The predicted octanol–water partition coefficient (Wildman–Crippen LogP) is 1.76. The van der Waals surface area contributed by atoms with E-state index < -0.39 is 0 Å². The van der Waals surface area contributed by atoms with E-state index in [1.165, 1.54) is 0 Å². The normalized spacial score (nSPS) is 10.1. The van der Waals surface area contributed by atoms with Crippen molar-refractivity contribution in [3.8, 4) is 0 Å². The van der Waals surface area contributed by atoms with E-state index in [-0.39, 0.29) is 11.8 Å². The molecule has 1 amide bonds. The van der Waals surface area contributed by atoms with Crippen molar-refractivity contribution in [3.05, 3.63) is 35.9 Å². The Bertz CT molecular complexity index is 267. The first-order chi connectivity index (χ1) is 6.20. The Kier molecular flexibility index (Phi) is 3.50. The molecule has 2 nitrogen and oxygen atoms in total. The van der Waals surface area contributed by atoms with Crippen LogP contribution in [0.1, 0.15) is 19.4 Å². The molecule has 0 spiro atoms. The average Bonchev–Trinajstić information content (AvgIpc) is 2.15. The highest BCUT2D eigenvalue weighted by atomic mass is 16.1. The topological polar surface area (TPSA) is 29.1 Å². The molecule has 1 aromatic rings. The molecule has 69 valence electrons. The number of nitrogens with one attached hydrogen (secondary N) is 1. The summed E-state index contributed by atoms with van der Waals surface area (Å²) < 4.78 is 0. The molecule has 1 aromatic carbocycles. The molecule has 0 unspecified atom stereocenters. The first-order valence-corrected chi connectivity index (χ1v) is 4.43. The van der Waals surface area contributed by atoms with E-state index in [2.05, 4.69) is 11.4 Å². The van der Waals surface area contributed by atoms with Gasteiger partial charge in [-0.2, -0.15) is 0 Å². The van der Waals surface area contributed by atoms with Crippen LogP contribution in [0.25, 0.3) is 0 Å². The van der Waals surface area contributed by atoms with E-state index >= 15 is 0 Å². The molecule has 0 aliphatic rings. The zero-order valence-corrected chi connectivity index (χ0v) is 8.00. The van der Waals surface area contributed by atoms with Gasteiger partial charge in [-0.15, -0.1) is 0 Å². The molecule has 1 N–H and O–H groups in total. The fourth-order valence-corrected chi connectivity index (χ4v) is 0.933. The molecule has 0 aromatic heterocycles. The van der Waals surface area contributed by atoms with Crippen molar-refractivity contribution in [2.45, 2.75) is 20.4 Å². The molecule has 2 heteroatoms. The quantitative estimate of drug-likeness (QED) is 0.747. The van der Waals surface area contributed by atoms with Crippen LogP contribution in [0, 0.1) is 12.0 Å². The van der Waals surface area contributed by atoms with Crippen molar-refractivity contribution in [2.24, 2.45) is 5.92 Å². The van der Waals surface area contributed by atoms with Crippen LogP contribution >= 0.6 is 0 Å². The van der Waals surface area contributed by atoms with Gasteiger partial charge in [-0.1, -0.05) is 38.1 Å². The standard InChI is InChI=1S/C11H14NO/c1-9(2)11(13)12-8-10-6-4-3-5-7-10/h4-7,9H,8H2,1-2H3,(H,12,13). The second kappa shape index (κ2) is 4.65. The molecule has 0 atom stereocenters. The fraction of sp³-hybridized carbons (Fsp3) is 0.364. The second-order valence-corrected chi connectivity index (χ2v) is 3.28. The van der Waals surface area contributed by atoms with Gasteiger partial charge < -0.3 is 5.32 Å². The van der Waals surface area contributed by atoms with Gasteiger partial charge in [-0.3, -0.25) is 4.79 Å². The Balaban J connectivity index is 2.40. The van der Waals surface area contributed by atoms with Gasteiger partial charge in [0.25, 0.3) is 0 Å². The molecule has 13 heavy (non-hydrogen) atoms. The number of carbonyl (C=O) groups excluding carboxylic acids is 1. The Morgan fingerprint density at radius 1 is 1.46 bits per heavy atom. The molecule has 1 radical (unpaired) electrons. The van der Waals surface area contributed by atoms with Crippen LogP contribution in [-0.4, -0.2) is 5.91 Å². The number of rotatable bonds is 3. The zero-order valence-electron chi connectivity index (χ0n) is 8.00. The van der Waals surface area contributed by atoms with Gasteiger partial charge in [0, 0.05) is 12.5 Å². The molecule has 0 saturated heterocycles. The van der Waals surface area contributed by atoms with E-state index in [1.807, 2.05) is 38.1 Å². The van der Waals surface area contributed by atoms with E-state index in [9.17, 15) is 4.79 Å². The minimum Gasteiger partial charge on any atom is -0.352 e. The summed E-state index contributed by atoms with van der Waals surface area (Å²) in [4.78, 5) is 11.2. The summed E-state index contributed by atoms with van der Waals surface area (Å²) in [7, 11) is 0. The lowest BCUT2D eigenvalue weighted by atomic mass is 10.2. The van der Waals surface area contributed by atoms with Crippen molar-refractivity contribution in [1.82, 2.24) is 5.32 Å². The molecule has 1 rings (SSSR count). The lowest BCUT2D eigenvalue weighted by Crippen LogP contribution is -2.26. The minimum absolute atomic E-state index is 0.0512. The van der Waals surface area contributed by atoms with E-state index in [0.717, 1.165) is 5.56 Å². The van der Waals surface area contributed by atoms with Crippen LogP contribution in [0.4, 0.5) is 0 Å². The van der Waals surface area contributed by atoms with Crippen molar-refractivity contribution in [1.29, 1.82) is 0 Å². The molecular weight excluding hydrogens is 162 g/mol. The Hall–Kier alpha value is -1.31. The highest BCUT2D eigenvalue weighted by Crippen LogP contribution is 1.98. The number of carbonyl (C=O) groups is 1. The lowest BCUT2D eigenvalue weighted by Gasteiger charge is -2.06. The highest BCUT2D eigenvalue weighted by Gasteiger charge is 2.04. The first-order valence-electron chi connectivity index (χ1n) is 4.43. The summed E-state index contributed by atoms with van der Waals surface area (Å²) in [6.07, 6.45) is 0. The molecule has 0 aliphatic heterocycles. The minimum atomic E-state index is 0.0512. The SMILES string of the molecule is CC(C)C(=O)NCc1cc[c]cc1. The van der Waals surface area contributed by atoms with Gasteiger partial charge in [0.2, 0.25) is 5.91 Å². The summed E-state index contributed by atoms with van der Waals surface area (Å²) in [5.41, 5.74) is 1.10. The van der Waals surface area contributed by atoms with Crippen LogP contribution < -0.4 is 5.32 Å². The number of hydrogen-bond acceptors (Lipinski definition) is 1. The molecule has 0 saturated carbocycles. The summed E-state index contributed by atoms with van der Waals surface area (Å²) in [6.45, 7) is 4.37. The second-order valence-electron chi connectivity index (χ2n) is 3.28. The molecule has 0 heterocycles. The maximum Gasteiger partial charge on any atom is 0.222 e.